The Hall–Kier alpha value is -2.27. The number of anilines is 1. The van der Waals surface area contributed by atoms with E-state index in [0.29, 0.717) is 17.2 Å². The molecule has 0 saturated heterocycles. The first kappa shape index (κ1) is 14.1. The largest absolute Gasteiger partial charge is 0.497 e. The van der Waals surface area contributed by atoms with Crippen LogP contribution >= 0.6 is 11.6 Å². The predicted octanol–water partition coefficient (Wildman–Crippen LogP) is 3.00. The van der Waals surface area contributed by atoms with Crippen LogP contribution in [0.2, 0.25) is 5.15 Å². The van der Waals surface area contributed by atoms with Crippen molar-refractivity contribution in [1.29, 1.82) is 0 Å². The number of amides is 1. The van der Waals surface area contributed by atoms with E-state index in [2.05, 4.69) is 10.3 Å². The van der Waals surface area contributed by atoms with Gasteiger partial charge in [-0.2, -0.15) is 0 Å². The fourth-order valence-electron chi connectivity index (χ4n) is 1.62. The molecule has 20 heavy (non-hydrogen) atoms. The number of carbonyl (C=O) groups is 1. The van der Waals surface area contributed by atoms with E-state index in [0.717, 1.165) is 0 Å². The summed E-state index contributed by atoms with van der Waals surface area (Å²) in [6.07, 6.45) is 0. The Morgan fingerprint density at radius 3 is 2.65 bits per heavy atom. The number of nitrogens with one attached hydrogen (secondary N) is 1. The first-order valence-electron chi connectivity index (χ1n) is 5.80. The molecule has 1 aromatic carbocycles. The number of ether oxygens (including phenoxy) is 2. The van der Waals surface area contributed by atoms with Crippen LogP contribution in [0.1, 0.15) is 10.5 Å². The van der Waals surface area contributed by atoms with Crippen LogP contribution in [-0.2, 0) is 0 Å². The van der Waals surface area contributed by atoms with Crippen molar-refractivity contribution in [3.63, 3.8) is 0 Å². The highest BCUT2D eigenvalue weighted by atomic mass is 35.5. The number of aromatic nitrogens is 1. The molecule has 5 nitrogen and oxygen atoms in total. The van der Waals surface area contributed by atoms with Crippen LogP contribution in [0.4, 0.5) is 5.69 Å². The number of hydrogen-bond donors (Lipinski definition) is 1. The molecule has 0 atom stereocenters. The zero-order valence-corrected chi connectivity index (χ0v) is 11.8. The number of rotatable bonds is 4. The normalized spacial score (nSPS) is 9.95. The van der Waals surface area contributed by atoms with Crippen LogP contribution in [0.3, 0.4) is 0 Å². The van der Waals surface area contributed by atoms with Crippen molar-refractivity contribution in [3.05, 3.63) is 47.2 Å². The third kappa shape index (κ3) is 3.19. The molecule has 0 fully saturated rings. The van der Waals surface area contributed by atoms with Crippen molar-refractivity contribution in [2.45, 2.75) is 0 Å². The number of pyridine rings is 1. The second kappa shape index (κ2) is 6.25. The van der Waals surface area contributed by atoms with Gasteiger partial charge in [-0.1, -0.05) is 17.7 Å². The minimum atomic E-state index is -0.365. The number of methoxy groups -OCH3 is 2. The molecule has 0 saturated carbocycles. The predicted molar refractivity (Wildman–Crippen MR) is 76.7 cm³/mol. The minimum Gasteiger partial charge on any atom is -0.497 e. The summed E-state index contributed by atoms with van der Waals surface area (Å²) in [5, 5.41) is 2.98. The molecule has 1 amide bonds. The van der Waals surface area contributed by atoms with Crippen molar-refractivity contribution < 1.29 is 14.3 Å². The van der Waals surface area contributed by atoms with Gasteiger partial charge in [0.05, 0.1) is 19.9 Å². The van der Waals surface area contributed by atoms with E-state index >= 15 is 0 Å². The van der Waals surface area contributed by atoms with Gasteiger partial charge >= 0.3 is 0 Å². The fourth-order valence-corrected chi connectivity index (χ4v) is 1.79. The number of carbonyl (C=O) groups excluding carboxylic acids is 1. The molecular weight excluding hydrogens is 280 g/mol. The summed E-state index contributed by atoms with van der Waals surface area (Å²) in [7, 11) is 3.07. The maximum absolute atomic E-state index is 12.1. The van der Waals surface area contributed by atoms with Crippen LogP contribution < -0.4 is 14.8 Å². The van der Waals surface area contributed by atoms with Crippen molar-refractivity contribution in [1.82, 2.24) is 4.98 Å². The second-order valence-electron chi connectivity index (χ2n) is 3.87. The Labute approximate surface area is 121 Å². The maximum Gasteiger partial charge on any atom is 0.274 e. The zero-order valence-electron chi connectivity index (χ0n) is 11.0. The standard InChI is InChI=1S/C14H13ClN2O3/c1-19-9-6-7-10(12(8-9)20-2)17-14(18)11-4-3-5-13(15)16-11/h3-8H,1-2H3,(H,17,18). The average Bonchev–Trinajstić information content (AvgIpc) is 2.47. The van der Waals surface area contributed by atoms with Crippen molar-refractivity contribution >= 4 is 23.2 Å². The van der Waals surface area contributed by atoms with E-state index in [1.807, 2.05) is 0 Å². The van der Waals surface area contributed by atoms with E-state index in [1.54, 1.807) is 43.5 Å². The van der Waals surface area contributed by atoms with E-state index in [1.165, 1.54) is 7.11 Å². The topological polar surface area (TPSA) is 60.5 Å². The first-order valence-corrected chi connectivity index (χ1v) is 6.18. The quantitative estimate of drug-likeness (QED) is 0.880. The van der Waals surface area contributed by atoms with Crippen LogP contribution in [-0.4, -0.2) is 25.1 Å². The van der Waals surface area contributed by atoms with Gasteiger partial charge in [0.25, 0.3) is 5.91 Å². The zero-order chi connectivity index (χ0) is 14.5. The summed E-state index contributed by atoms with van der Waals surface area (Å²) in [5.41, 5.74) is 0.760. The second-order valence-corrected chi connectivity index (χ2v) is 4.25. The monoisotopic (exact) mass is 292 g/mol. The van der Waals surface area contributed by atoms with Crippen LogP contribution in [0, 0.1) is 0 Å². The molecule has 0 spiro atoms. The lowest BCUT2D eigenvalue weighted by atomic mass is 10.2. The molecule has 0 radical (unpaired) electrons. The third-order valence-electron chi connectivity index (χ3n) is 2.60. The lowest BCUT2D eigenvalue weighted by Crippen LogP contribution is -2.14. The van der Waals surface area contributed by atoms with Gasteiger partial charge in [0.1, 0.15) is 22.3 Å². The Kier molecular flexibility index (Phi) is 4.42. The Morgan fingerprint density at radius 2 is 2.00 bits per heavy atom. The van der Waals surface area contributed by atoms with Gasteiger partial charge in [0.2, 0.25) is 0 Å². The average molecular weight is 293 g/mol. The number of nitrogens with zero attached hydrogens (tertiary/aromatic N) is 1. The molecule has 104 valence electrons. The summed E-state index contributed by atoms with van der Waals surface area (Å²) >= 11 is 5.76. The first-order chi connectivity index (χ1) is 9.63. The highest BCUT2D eigenvalue weighted by Crippen LogP contribution is 2.29. The Bertz CT molecular complexity index is 632. The summed E-state index contributed by atoms with van der Waals surface area (Å²) in [6, 6.07) is 9.95. The van der Waals surface area contributed by atoms with E-state index < -0.39 is 0 Å². The molecule has 1 N–H and O–H groups in total. The Balaban J connectivity index is 2.23. The number of hydrogen-bond acceptors (Lipinski definition) is 4. The van der Waals surface area contributed by atoms with Crippen LogP contribution in [0.15, 0.2) is 36.4 Å². The van der Waals surface area contributed by atoms with Gasteiger partial charge in [0.15, 0.2) is 0 Å². The van der Waals surface area contributed by atoms with E-state index in [9.17, 15) is 4.79 Å². The lowest BCUT2D eigenvalue weighted by molar-refractivity contribution is 0.102. The summed E-state index contributed by atoms with van der Waals surface area (Å²) < 4.78 is 10.3. The molecule has 1 aromatic heterocycles. The molecule has 0 bridgehead atoms. The highest BCUT2D eigenvalue weighted by Gasteiger charge is 2.12. The number of benzene rings is 1. The molecule has 0 aliphatic rings. The summed E-state index contributed by atoms with van der Waals surface area (Å²) in [4.78, 5) is 16.0. The molecule has 2 aromatic rings. The van der Waals surface area contributed by atoms with Crippen molar-refractivity contribution in [3.8, 4) is 11.5 Å². The highest BCUT2D eigenvalue weighted by molar-refractivity contribution is 6.29. The fraction of sp³-hybridized carbons (Fsp3) is 0.143. The van der Waals surface area contributed by atoms with Gasteiger partial charge in [-0.25, -0.2) is 4.98 Å². The van der Waals surface area contributed by atoms with Crippen LogP contribution in [0.5, 0.6) is 11.5 Å². The molecule has 0 aliphatic carbocycles. The lowest BCUT2D eigenvalue weighted by Gasteiger charge is -2.11. The molecule has 2 rings (SSSR count). The molecular formula is C14H13ClN2O3. The minimum absolute atomic E-state index is 0.232. The maximum atomic E-state index is 12.1. The summed E-state index contributed by atoms with van der Waals surface area (Å²) in [5.74, 6) is 0.774. The smallest absolute Gasteiger partial charge is 0.274 e. The van der Waals surface area contributed by atoms with E-state index in [4.69, 9.17) is 21.1 Å². The van der Waals surface area contributed by atoms with Gasteiger partial charge in [-0.15, -0.1) is 0 Å². The third-order valence-corrected chi connectivity index (χ3v) is 2.82. The van der Waals surface area contributed by atoms with Crippen molar-refractivity contribution in [2.75, 3.05) is 19.5 Å². The number of halogens is 1. The molecule has 1 heterocycles. The SMILES string of the molecule is COc1ccc(NC(=O)c2cccc(Cl)n2)c(OC)c1. The Morgan fingerprint density at radius 1 is 1.20 bits per heavy atom. The molecule has 0 aliphatic heterocycles. The van der Waals surface area contributed by atoms with E-state index in [-0.39, 0.29) is 16.8 Å². The van der Waals surface area contributed by atoms with Crippen LogP contribution in [0.25, 0.3) is 0 Å². The van der Waals surface area contributed by atoms with Gasteiger partial charge in [0, 0.05) is 6.07 Å². The van der Waals surface area contributed by atoms with Gasteiger partial charge < -0.3 is 14.8 Å². The van der Waals surface area contributed by atoms with Gasteiger partial charge in [-0.05, 0) is 24.3 Å². The molecule has 0 unspecified atom stereocenters. The van der Waals surface area contributed by atoms with Crippen molar-refractivity contribution in [2.24, 2.45) is 0 Å². The van der Waals surface area contributed by atoms with Gasteiger partial charge in [-0.3, -0.25) is 4.79 Å². The molecule has 6 heteroatoms. The summed E-state index contributed by atoms with van der Waals surface area (Å²) in [6.45, 7) is 0.